The van der Waals surface area contributed by atoms with Gasteiger partial charge in [0.1, 0.15) is 17.5 Å². The van der Waals surface area contributed by atoms with Gasteiger partial charge in [-0.15, -0.1) is 0 Å². The third-order valence-corrected chi connectivity index (χ3v) is 5.85. The number of aromatic nitrogens is 3. The predicted octanol–water partition coefficient (Wildman–Crippen LogP) is 4.59. The summed E-state index contributed by atoms with van der Waals surface area (Å²) in [4.78, 5) is 18.4. The van der Waals surface area contributed by atoms with Crippen LogP contribution in [0.25, 0.3) is 10.9 Å². The van der Waals surface area contributed by atoms with E-state index in [2.05, 4.69) is 32.1 Å². The summed E-state index contributed by atoms with van der Waals surface area (Å²) < 4.78 is 39.5. The van der Waals surface area contributed by atoms with Crippen molar-refractivity contribution < 1.29 is 13.2 Å². The molecule has 0 aliphatic carbocycles. The lowest BCUT2D eigenvalue weighted by molar-refractivity contribution is -0.137. The lowest BCUT2D eigenvalue weighted by atomic mass is 10.0. The van der Waals surface area contributed by atoms with Crippen LogP contribution in [0.1, 0.15) is 35.6 Å². The molecule has 1 aliphatic rings. The standard InChI is InChI=1S/C23H27F3N6/c1-14(17-6-5-7-18(12-17)23(24,25)26)28-22-19-13-20(32-10-8-31(4)9-11-32)27-15(2)21(19)29-16(3)30-22/h5-7,12-14H,8-11H2,1-4H3,(H,28,29,30)/t14-/m1/s1. The van der Waals surface area contributed by atoms with E-state index >= 15 is 0 Å². The number of nitrogens with one attached hydrogen (secondary N) is 1. The summed E-state index contributed by atoms with van der Waals surface area (Å²) in [6.07, 6.45) is -4.38. The number of pyridine rings is 1. The lowest BCUT2D eigenvalue weighted by Gasteiger charge is -2.33. The molecule has 1 fully saturated rings. The minimum absolute atomic E-state index is 0.379. The smallest absolute Gasteiger partial charge is 0.363 e. The maximum absolute atomic E-state index is 13.2. The number of likely N-dealkylation sites (N-methyl/N-ethyl adjacent to an activating group) is 1. The monoisotopic (exact) mass is 444 g/mol. The van der Waals surface area contributed by atoms with E-state index < -0.39 is 11.7 Å². The van der Waals surface area contributed by atoms with E-state index in [1.165, 1.54) is 12.1 Å². The number of hydrogen-bond donors (Lipinski definition) is 1. The molecule has 6 nitrogen and oxygen atoms in total. The first-order valence-corrected chi connectivity index (χ1v) is 10.6. The molecule has 1 atom stereocenters. The first-order valence-electron chi connectivity index (χ1n) is 10.6. The normalized spacial score (nSPS) is 16.4. The number of alkyl halides is 3. The predicted molar refractivity (Wildman–Crippen MR) is 120 cm³/mol. The zero-order valence-corrected chi connectivity index (χ0v) is 18.7. The molecule has 9 heteroatoms. The van der Waals surface area contributed by atoms with Gasteiger partial charge in [-0.25, -0.2) is 15.0 Å². The molecule has 1 saturated heterocycles. The van der Waals surface area contributed by atoms with Crippen molar-refractivity contribution in [3.05, 3.63) is 53.0 Å². The summed E-state index contributed by atoms with van der Waals surface area (Å²) >= 11 is 0. The molecule has 1 aromatic carbocycles. The van der Waals surface area contributed by atoms with Crippen LogP contribution >= 0.6 is 0 Å². The van der Waals surface area contributed by atoms with Crippen LogP contribution in [-0.2, 0) is 6.18 Å². The zero-order valence-electron chi connectivity index (χ0n) is 18.7. The van der Waals surface area contributed by atoms with Crippen molar-refractivity contribution >= 4 is 22.5 Å². The number of piperazine rings is 1. The minimum Gasteiger partial charge on any atom is -0.363 e. The van der Waals surface area contributed by atoms with Gasteiger partial charge in [-0.3, -0.25) is 0 Å². The number of benzene rings is 1. The Morgan fingerprint density at radius 2 is 1.72 bits per heavy atom. The van der Waals surface area contributed by atoms with Crippen molar-refractivity contribution in [3.8, 4) is 0 Å². The first-order chi connectivity index (χ1) is 15.1. The van der Waals surface area contributed by atoms with Crippen LogP contribution in [0.4, 0.5) is 24.8 Å². The second kappa shape index (κ2) is 8.54. The molecular formula is C23H27F3N6. The fourth-order valence-corrected chi connectivity index (χ4v) is 3.96. The van der Waals surface area contributed by atoms with Gasteiger partial charge in [-0.2, -0.15) is 13.2 Å². The topological polar surface area (TPSA) is 57.2 Å². The number of hydrogen-bond acceptors (Lipinski definition) is 6. The molecule has 170 valence electrons. The fourth-order valence-electron chi connectivity index (χ4n) is 3.96. The quantitative estimate of drug-likeness (QED) is 0.636. The van der Waals surface area contributed by atoms with Crippen LogP contribution in [0.5, 0.6) is 0 Å². The van der Waals surface area contributed by atoms with Gasteiger partial charge in [0.05, 0.1) is 16.8 Å². The van der Waals surface area contributed by atoms with E-state index in [-0.39, 0.29) is 6.04 Å². The molecule has 0 saturated carbocycles. The molecule has 0 spiro atoms. The minimum atomic E-state index is -4.38. The maximum Gasteiger partial charge on any atom is 0.416 e. The molecule has 0 bridgehead atoms. The van der Waals surface area contributed by atoms with Crippen molar-refractivity contribution in [1.29, 1.82) is 0 Å². The van der Waals surface area contributed by atoms with Gasteiger partial charge in [-0.05, 0) is 51.6 Å². The molecule has 0 amide bonds. The van der Waals surface area contributed by atoms with Crippen LogP contribution in [0.15, 0.2) is 30.3 Å². The highest BCUT2D eigenvalue weighted by atomic mass is 19.4. The Labute approximate surface area is 185 Å². The summed E-state index contributed by atoms with van der Waals surface area (Å²) in [5.41, 5.74) is 1.42. The average Bonchev–Trinajstić information content (AvgIpc) is 2.74. The highest BCUT2D eigenvalue weighted by Crippen LogP contribution is 2.33. The van der Waals surface area contributed by atoms with Gasteiger partial charge in [-0.1, -0.05) is 12.1 Å². The van der Waals surface area contributed by atoms with E-state index in [1.807, 2.05) is 19.9 Å². The summed E-state index contributed by atoms with van der Waals surface area (Å²) in [5.74, 6) is 2.04. The van der Waals surface area contributed by atoms with Gasteiger partial charge in [0.2, 0.25) is 0 Å². The summed E-state index contributed by atoms with van der Waals surface area (Å²) in [6, 6.07) is 6.98. The molecule has 32 heavy (non-hydrogen) atoms. The maximum atomic E-state index is 13.2. The number of fused-ring (bicyclic) bond motifs is 1. The van der Waals surface area contributed by atoms with Gasteiger partial charge >= 0.3 is 6.18 Å². The van der Waals surface area contributed by atoms with E-state index in [9.17, 15) is 13.2 Å². The largest absolute Gasteiger partial charge is 0.416 e. The van der Waals surface area contributed by atoms with Crippen LogP contribution in [0.3, 0.4) is 0 Å². The molecule has 3 aromatic rings. The molecule has 1 aliphatic heterocycles. The SMILES string of the molecule is Cc1nc(N[C@H](C)c2cccc(C(F)(F)F)c2)c2cc(N3CCN(C)CC3)nc(C)c2n1. The zero-order chi connectivity index (χ0) is 23.0. The van der Waals surface area contributed by atoms with Crippen LogP contribution in [-0.4, -0.2) is 53.1 Å². The Balaban J connectivity index is 1.70. The van der Waals surface area contributed by atoms with Crippen LogP contribution in [0, 0.1) is 13.8 Å². The Morgan fingerprint density at radius 1 is 1.00 bits per heavy atom. The van der Waals surface area contributed by atoms with Crippen molar-refractivity contribution in [2.45, 2.75) is 33.0 Å². The molecule has 1 N–H and O–H groups in total. The Morgan fingerprint density at radius 3 is 2.41 bits per heavy atom. The number of anilines is 2. The first kappa shape index (κ1) is 22.3. The fraction of sp³-hybridized carbons (Fsp3) is 0.435. The number of halogens is 3. The molecule has 0 radical (unpaired) electrons. The third-order valence-electron chi connectivity index (χ3n) is 5.85. The van der Waals surface area contributed by atoms with E-state index in [0.29, 0.717) is 17.2 Å². The second-order valence-corrected chi connectivity index (χ2v) is 8.36. The molecule has 0 unspecified atom stereocenters. The second-order valence-electron chi connectivity index (χ2n) is 8.36. The van der Waals surface area contributed by atoms with E-state index in [1.54, 1.807) is 13.0 Å². The van der Waals surface area contributed by atoms with E-state index in [0.717, 1.165) is 54.7 Å². The Hall–Kier alpha value is -2.94. The highest BCUT2D eigenvalue weighted by molar-refractivity contribution is 5.92. The number of nitrogens with zero attached hydrogens (tertiary/aromatic N) is 5. The Bertz CT molecular complexity index is 1120. The third kappa shape index (κ3) is 4.62. The van der Waals surface area contributed by atoms with Gasteiger partial charge in [0.15, 0.2) is 0 Å². The summed E-state index contributed by atoms with van der Waals surface area (Å²) in [7, 11) is 2.10. The van der Waals surface area contributed by atoms with Crippen molar-refractivity contribution in [2.24, 2.45) is 0 Å². The Kier molecular flexibility index (Phi) is 5.94. The number of aryl methyl sites for hydroxylation is 2. The van der Waals surface area contributed by atoms with Gasteiger partial charge < -0.3 is 15.1 Å². The summed E-state index contributed by atoms with van der Waals surface area (Å²) in [5, 5.41) is 4.13. The van der Waals surface area contributed by atoms with Crippen molar-refractivity contribution in [2.75, 3.05) is 43.4 Å². The van der Waals surface area contributed by atoms with Crippen molar-refractivity contribution in [1.82, 2.24) is 19.9 Å². The lowest BCUT2D eigenvalue weighted by Crippen LogP contribution is -2.44. The molecule has 3 heterocycles. The highest BCUT2D eigenvalue weighted by Gasteiger charge is 2.30. The van der Waals surface area contributed by atoms with Gasteiger partial charge in [0, 0.05) is 37.6 Å². The molecule has 2 aromatic heterocycles. The van der Waals surface area contributed by atoms with Crippen molar-refractivity contribution in [3.63, 3.8) is 0 Å². The summed E-state index contributed by atoms with van der Waals surface area (Å²) in [6.45, 7) is 9.23. The number of rotatable bonds is 4. The molecule has 4 rings (SSSR count). The average molecular weight is 445 g/mol. The van der Waals surface area contributed by atoms with Crippen LogP contribution < -0.4 is 10.2 Å². The molecular weight excluding hydrogens is 417 g/mol. The van der Waals surface area contributed by atoms with E-state index in [4.69, 9.17) is 4.98 Å². The van der Waals surface area contributed by atoms with Gasteiger partial charge in [0.25, 0.3) is 0 Å². The van der Waals surface area contributed by atoms with Crippen LogP contribution in [0.2, 0.25) is 0 Å².